The molecular formula is C12H9BrClIN2O2. The second-order valence-electron chi connectivity index (χ2n) is 3.75. The number of ether oxygens (including phenoxy) is 1. The minimum atomic E-state index is -0.146. The molecule has 0 aliphatic heterocycles. The summed E-state index contributed by atoms with van der Waals surface area (Å²) in [4.78, 5) is 16.0. The van der Waals surface area contributed by atoms with E-state index in [4.69, 9.17) is 16.3 Å². The minimum Gasteiger partial charge on any atom is -0.496 e. The van der Waals surface area contributed by atoms with E-state index in [2.05, 4.69) is 20.9 Å². The Hall–Kier alpha value is -0.600. The number of halogens is 3. The van der Waals surface area contributed by atoms with Gasteiger partial charge in [-0.3, -0.25) is 9.36 Å². The number of rotatable bonds is 3. The lowest BCUT2D eigenvalue weighted by atomic mass is 10.2. The molecule has 4 nitrogen and oxygen atoms in total. The van der Waals surface area contributed by atoms with Gasteiger partial charge in [0.25, 0.3) is 5.56 Å². The molecule has 19 heavy (non-hydrogen) atoms. The SMILES string of the molecule is COc1ccc(Cn2cnc(Cl)c(I)c2=O)cc1Br. The normalized spacial score (nSPS) is 10.5. The Kier molecular flexibility index (Phi) is 4.86. The Morgan fingerprint density at radius 1 is 1.53 bits per heavy atom. The topological polar surface area (TPSA) is 44.1 Å². The molecule has 0 aliphatic carbocycles. The lowest BCUT2D eigenvalue weighted by molar-refractivity contribution is 0.412. The quantitative estimate of drug-likeness (QED) is 0.527. The maximum absolute atomic E-state index is 12.0. The third-order valence-corrected chi connectivity index (χ3v) is 4.71. The van der Waals surface area contributed by atoms with Crippen molar-refractivity contribution in [2.24, 2.45) is 0 Å². The van der Waals surface area contributed by atoms with Crippen molar-refractivity contribution in [3.05, 3.63) is 53.6 Å². The molecule has 0 saturated heterocycles. The molecule has 1 aromatic carbocycles. The summed E-state index contributed by atoms with van der Waals surface area (Å²) < 4.78 is 7.95. The average Bonchev–Trinajstić information content (AvgIpc) is 2.40. The lowest BCUT2D eigenvalue weighted by Crippen LogP contribution is -2.23. The molecule has 0 atom stereocenters. The summed E-state index contributed by atoms with van der Waals surface area (Å²) in [5.41, 5.74) is 0.822. The van der Waals surface area contributed by atoms with Crippen LogP contribution >= 0.6 is 50.1 Å². The molecule has 0 bridgehead atoms. The van der Waals surface area contributed by atoms with Crippen LogP contribution in [0.25, 0.3) is 0 Å². The first-order valence-electron chi connectivity index (χ1n) is 5.25. The minimum absolute atomic E-state index is 0.146. The first kappa shape index (κ1) is 14.8. The highest BCUT2D eigenvalue weighted by molar-refractivity contribution is 14.1. The standard InChI is InChI=1S/C12H9BrClIN2O2/c1-19-9-3-2-7(4-8(9)13)5-17-6-16-11(14)10(15)12(17)18/h2-4,6H,5H2,1H3. The molecule has 1 aromatic heterocycles. The van der Waals surface area contributed by atoms with Gasteiger partial charge in [-0.05, 0) is 56.2 Å². The van der Waals surface area contributed by atoms with E-state index >= 15 is 0 Å². The molecule has 0 amide bonds. The van der Waals surface area contributed by atoms with Gasteiger partial charge in [-0.1, -0.05) is 17.7 Å². The van der Waals surface area contributed by atoms with Crippen LogP contribution in [-0.2, 0) is 6.54 Å². The van der Waals surface area contributed by atoms with Crippen LogP contribution in [0, 0.1) is 3.57 Å². The van der Waals surface area contributed by atoms with Gasteiger partial charge in [0.2, 0.25) is 0 Å². The van der Waals surface area contributed by atoms with E-state index in [1.54, 1.807) is 7.11 Å². The van der Waals surface area contributed by atoms with Crippen molar-refractivity contribution < 1.29 is 4.74 Å². The average molecular weight is 455 g/mol. The van der Waals surface area contributed by atoms with Gasteiger partial charge in [0.1, 0.15) is 14.5 Å². The van der Waals surface area contributed by atoms with E-state index in [9.17, 15) is 4.79 Å². The molecule has 1 heterocycles. The molecule has 0 N–H and O–H groups in total. The zero-order valence-electron chi connectivity index (χ0n) is 9.86. The van der Waals surface area contributed by atoms with E-state index < -0.39 is 0 Å². The molecule has 0 saturated carbocycles. The summed E-state index contributed by atoms with van der Waals surface area (Å²) in [6.07, 6.45) is 1.45. The van der Waals surface area contributed by atoms with Gasteiger partial charge in [-0.25, -0.2) is 4.98 Å². The Labute approximate surface area is 137 Å². The van der Waals surface area contributed by atoms with Crippen molar-refractivity contribution in [1.82, 2.24) is 9.55 Å². The predicted octanol–water partition coefficient (Wildman–Crippen LogP) is 3.32. The van der Waals surface area contributed by atoms with E-state index in [1.165, 1.54) is 10.9 Å². The number of nitrogens with zero attached hydrogens (tertiary/aromatic N) is 2. The summed E-state index contributed by atoms with van der Waals surface area (Å²) >= 11 is 11.1. The summed E-state index contributed by atoms with van der Waals surface area (Å²) in [6.45, 7) is 0.432. The van der Waals surface area contributed by atoms with Gasteiger partial charge in [-0.15, -0.1) is 0 Å². The summed E-state index contributed by atoms with van der Waals surface area (Å²) in [5.74, 6) is 0.750. The second-order valence-corrected chi connectivity index (χ2v) is 6.04. The number of benzene rings is 1. The van der Waals surface area contributed by atoms with Crippen molar-refractivity contribution in [3.8, 4) is 5.75 Å². The third-order valence-electron chi connectivity index (χ3n) is 2.51. The monoisotopic (exact) mass is 454 g/mol. The fourth-order valence-corrected chi connectivity index (χ4v) is 2.72. The van der Waals surface area contributed by atoms with Crippen molar-refractivity contribution in [3.63, 3.8) is 0 Å². The van der Waals surface area contributed by atoms with Gasteiger partial charge in [0, 0.05) is 0 Å². The first-order chi connectivity index (χ1) is 9.02. The largest absolute Gasteiger partial charge is 0.496 e. The lowest BCUT2D eigenvalue weighted by Gasteiger charge is -2.09. The molecule has 7 heteroatoms. The van der Waals surface area contributed by atoms with Crippen LogP contribution in [0.4, 0.5) is 0 Å². The smallest absolute Gasteiger partial charge is 0.268 e. The van der Waals surface area contributed by atoms with Gasteiger partial charge < -0.3 is 4.74 Å². The van der Waals surface area contributed by atoms with Crippen LogP contribution in [0.15, 0.2) is 33.8 Å². The molecule has 0 radical (unpaired) electrons. The molecule has 100 valence electrons. The fourth-order valence-electron chi connectivity index (χ4n) is 1.56. The highest BCUT2D eigenvalue weighted by Gasteiger charge is 2.08. The van der Waals surface area contributed by atoms with E-state index in [1.807, 2.05) is 40.8 Å². The fraction of sp³-hybridized carbons (Fsp3) is 0.167. The Morgan fingerprint density at radius 2 is 2.26 bits per heavy atom. The second kappa shape index (κ2) is 6.23. The molecule has 0 fully saturated rings. The third kappa shape index (κ3) is 3.29. The van der Waals surface area contributed by atoms with Gasteiger partial charge in [0.05, 0.1) is 24.5 Å². The molecule has 2 aromatic rings. The Bertz CT molecular complexity index is 675. The number of aromatic nitrogens is 2. The number of hydrogen-bond donors (Lipinski definition) is 0. The predicted molar refractivity (Wildman–Crippen MR) is 86.0 cm³/mol. The van der Waals surface area contributed by atoms with E-state index in [0.717, 1.165) is 15.8 Å². The molecular weight excluding hydrogens is 446 g/mol. The summed E-state index contributed by atoms with van der Waals surface area (Å²) in [7, 11) is 1.61. The zero-order valence-corrected chi connectivity index (χ0v) is 14.4. The van der Waals surface area contributed by atoms with Crippen LogP contribution in [0.1, 0.15) is 5.56 Å². The van der Waals surface area contributed by atoms with Crippen LogP contribution in [0.2, 0.25) is 5.15 Å². The van der Waals surface area contributed by atoms with Crippen LogP contribution in [-0.4, -0.2) is 16.7 Å². The summed E-state index contributed by atoms with van der Waals surface area (Å²) in [6, 6.07) is 5.66. The van der Waals surface area contributed by atoms with Gasteiger partial charge in [-0.2, -0.15) is 0 Å². The number of methoxy groups -OCH3 is 1. The highest BCUT2D eigenvalue weighted by Crippen LogP contribution is 2.25. The number of hydrogen-bond acceptors (Lipinski definition) is 3. The van der Waals surface area contributed by atoms with Crippen molar-refractivity contribution in [2.45, 2.75) is 6.54 Å². The van der Waals surface area contributed by atoms with Crippen LogP contribution in [0.3, 0.4) is 0 Å². The Balaban J connectivity index is 2.34. The summed E-state index contributed by atoms with van der Waals surface area (Å²) in [5, 5.41) is 0.234. The van der Waals surface area contributed by atoms with Crippen LogP contribution in [0.5, 0.6) is 5.75 Å². The van der Waals surface area contributed by atoms with Crippen molar-refractivity contribution in [2.75, 3.05) is 7.11 Å². The maximum atomic E-state index is 12.0. The molecule has 0 aliphatic rings. The maximum Gasteiger partial charge on any atom is 0.268 e. The van der Waals surface area contributed by atoms with Crippen LogP contribution < -0.4 is 10.3 Å². The highest BCUT2D eigenvalue weighted by atomic mass is 127. The van der Waals surface area contributed by atoms with Crippen molar-refractivity contribution in [1.29, 1.82) is 0 Å². The molecule has 2 rings (SSSR count). The van der Waals surface area contributed by atoms with Crippen molar-refractivity contribution >= 4 is 50.1 Å². The zero-order chi connectivity index (χ0) is 14.0. The van der Waals surface area contributed by atoms with Gasteiger partial charge in [0.15, 0.2) is 0 Å². The van der Waals surface area contributed by atoms with Gasteiger partial charge >= 0.3 is 0 Å². The van der Waals surface area contributed by atoms with E-state index in [0.29, 0.717) is 10.1 Å². The molecule has 0 spiro atoms. The van der Waals surface area contributed by atoms with E-state index in [-0.39, 0.29) is 10.7 Å². The molecule has 0 unspecified atom stereocenters. The Morgan fingerprint density at radius 3 is 2.89 bits per heavy atom. The first-order valence-corrected chi connectivity index (χ1v) is 7.50.